The molecule has 6 heteroatoms. The average molecular weight is 324 g/mol. The van der Waals surface area contributed by atoms with Gasteiger partial charge in [0.15, 0.2) is 0 Å². The van der Waals surface area contributed by atoms with Crippen molar-refractivity contribution in [1.82, 2.24) is 9.97 Å². The third kappa shape index (κ3) is 2.31. The van der Waals surface area contributed by atoms with Gasteiger partial charge in [-0.3, -0.25) is 0 Å². The SMILES string of the molecule is OC12CCCCC1CN(c1nc(Cl)nc3sccc13)CC2. The first kappa shape index (κ1) is 13.7. The van der Waals surface area contributed by atoms with Gasteiger partial charge in [0.1, 0.15) is 10.6 Å². The van der Waals surface area contributed by atoms with Crippen molar-refractivity contribution >= 4 is 39.0 Å². The molecule has 21 heavy (non-hydrogen) atoms. The Labute approximate surface area is 132 Å². The van der Waals surface area contributed by atoms with E-state index in [1.807, 2.05) is 5.38 Å². The fourth-order valence-corrected chi connectivity index (χ4v) is 4.79. The van der Waals surface area contributed by atoms with E-state index < -0.39 is 5.60 Å². The van der Waals surface area contributed by atoms with Gasteiger partial charge in [0.2, 0.25) is 5.28 Å². The molecule has 2 aliphatic rings. The Morgan fingerprint density at radius 3 is 3.14 bits per heavy atom. The normalized spacial score (nSPS) is 29.6. The van der Waals surface area contributed by atoms with E-state index in [4.69, 9.17) is 11.6 Å². The maximum atomic E-state index is 10.8. The van der Waals surface area contributed by atoms with E-state index >= 15 is 0 Å². The van der Waals surface area contributed by atoms with Crippen LogP contribution >= 0.6 is 22.9 Å². The van der Waals surface area contributed by atoms with Crippen molar-refractivity contribution in [3.63, 3.8) is 0 Å². The molecule has 2 atom stereocenters. The first-order valence-electron chi connectivity index (χ1n) is 7.54. The molecule has 0 amide bonds. The third-order valence-corrected chi connectivity index (χ3v) is 5.98. The Hall–Kier alpha value is -0.910. The van der Waals surface area contributed by atoms with Crippen LogP contribution in [0.15, 0.2) is 11.4 Å². The smallest absolute Gasteiger partial charge is 0.225 e. The molecule has 0 bridgehead atoms. The van der Waals surface area contributed by atoms with Gasteiger partial charge in [0.05, 0.1) is 11.0 Å². The van der Waals surface area contributed by atoms with Crippen molar-refractivity contribution in [3.05, 3.63) is 16.7 Å². The monoisotopic (exact) mass is 323 g/mol. The minimum atomic E-state index is -0.459. The number of aromatic nitrogens is 2. The molecule has 1 saturated carbocycles. The van der Waals surface area contributed by atoms with Crippen LogP contribution in [0.5, 0.6) is 0 Å². The van der Waals surface area contributed by atoms with Crippen LogP contribution in [0, 0.1) is 5.92 Å². The number of anilines is 1. The van der Waals surface area contributed by atoms with Gasteiger partial charge in [-0.05, 0) is 42.3 Å². The van der Waals surface area contributed by atoms with Crippen LogP contribution in [0.3, 0.4) is 0 Å². The summed E-state index contributed by atoms with van der Waals surface area (Å²) in [6, 6.07) is 2.06. The van der Waals surface area contributed by atoms with E-state index in [1.54, 1.807) is 11.3 Å². The van der Waals surface area contributed by atoms with Gasteiger partial charge >= 0.3 is 0 Å². The van der Waals surface area contributed by atoms with Gasteiger partial charge in [0, 0.05) is 19.0 Å². The number of rotatable bonds is 1. The zero-order chi connectivity index (χ0) is 14.4. The predicted octanol–water partition coefficient (Wildman–Crippen LogP) is 3.48. The summed E-state index contributed by atoms with van der Waals surface area (Å²) in [6.07, 6.45) is 5.26. The molecule has 2 aromatic rings. The van der Waals surface area contributed by atoms with Crippen LogP contribution in [-0.4, -0.2) is 33.8 Å². The highest BCUT2D eigenvalue weighted by atomic mass is 35.5. The molecular formula is C15H18ClN3OS. The molecule has 4 rings (SSSR count). The summed E-state index contributed by atoms with van der Waals surface area (Å²) in [6.45, 7) is 1.71. The molecule has 0 radical (unpaired) electrons. The summed E-state index contributed by atoms with van der Waals surface area (Å²) in [5.74, 6) is 1.28. The molecule has 0 aromatic carbocycles. The number of nitrogens with zero attached hydrogens (tertiary/aromatic N) is 3. The van der Waals surface area contributed by atoms with Crippen molar-refractivity contribution in [2.75, 3.05) is 18.0 Å². The Kier molecular flexibility index (Phi) is 3.32. The van der Waals surface area contributed by atoms with Crippen molar-refractivity contribution in [2.24, 2.45) is 5.92 Å². The Morgan fingerprint density at radius 1 is 1.33 bits per heavy atom. The van der Waals surface area contributed by atoms with Crippen molar-refractivity contribution in [1.29, 1.82) is 0 Å². The van der Waals surface area contributed by atoms with E-state index in [1.165, 1.54) is 6.42 Å². The highest BCUT2D eigenvalue weighted by Crippen LogP contribution is 2.41. The molecule has 2 unspecified atom stereocenters. The summed E-state index contributed by atoms with van der Waals surface area (Å²) in [5, 5.41) is 14.2. The Morgan fingerprint density at radius 2 is 2.24 bits per heavy atom. The predicted molar refractivity (Wildman–Crippen MR) is 86.2 cm³/mol. The summed E-state index contributed by atoms with van der Waals surface area (Å²) in [7, 11) is 0. The highest BCUT2D eigenvalue weighted by Gasteiger charge is 2.43. The largest absolute Gasteiger partial charge is 0.389 e. The topological polar surface area (TPSA) is 49.2 Å². The number of aliphatic hydroxyl groups is 1. The van der Waals surface area contributed by atoms with Crippen LogP contribution in [0.2, 0.25) is 5.28 Å². The van der Waals surface area contributed by atoms with Crippen LogP contribution in [0.4, 0.5) is 5.82 Å². The summed E-state index contributed by atoms with van der Waals surface area (Å²) < 4.78 is 0. The lowest BCUT2D eigenvalue weighted by Crippen LogP contribution is -2.53. The standard InChI is InChI=1S/C15H18ClN3OS/c16-14-17-12(11-4-8-21-13(11)18-14)19-7-6-15(20)5-2-1-3-10(15)9-19/h4,8,10,20H,1-3,5-7,9H2. The van der Waals surface area contributed by atoms with E-state index in [2.05, 4.69) is 20.9 Å². The quantitative estimate of drug-likeness (QED) is 0.816. The van der Waals surface area contributed by atoms with Crippen LogP contribution in [0.25, 0.3) is 10.2 Å². The first-order valence-corrected chi connectivity index (χ1v) is 8.79. The van der Waals surface area contributed by atoms with E-state index in [0.29, 0.717) is 11.2 Å². The van der Waals surface area contributed by atoms with Crippen molar-refractivity contribution in [3.8, 4) is 0 Å². The van der Waals surface area contributed by atoms with Crippen LogP contribution in [0.1, 0.15) is 32.1 Å². The lowest BCUT2D eigenvalue weighted by atomic mass is 9.71. The Bertz CT molecular complexity index is 676. The highest BCUT2D eigenvalue weighted by molar-refractivity contribution is 7.16. The molecule has 1 aliphatic heterocycles. The molecule has 1 N–H and O–H groups in total. The zero-order valence-corrected chi connectivity index (χ0v) is 13.3. The van der Waals surface area contributed by atoms with Crippen molar-refractivity contribution in [2.45, 2.75) is 37.7 Å². The minimum absolute atomic E-state index is 0.310. The van der Waals surface area contributed by atoms with E-state index in [9.17, 15) is 5.11 Å². The second-order valence-corrected chi connectivity index (χ2v) is 7.43. The number of fused-ring (bicyclic) bond motifs is 2. The first-order chi connectivity index (χ1) is 10.2. The van der Waals surface area contributed by atoms with Gasteiger partial charge in [0.25, 0.3) is 0 Å². The number of piperidine rings is 1. The maximum absolute atomic E-state index is 10.8. The van der Waals surface area contributed by atoms with Gasteiger partial charge in [-0.15, -0.1) is 11.3 Å². The minimum Gasteiger partial charge on any atom is -0.389 e. The fourth-order valence-electron chi connectivity index (χ4n) is 3.82. The molecule has 112 valence electrons. The van der Waals surface area contributed by atoms with Gasteiger partial charge in [-0.2, -0.15) is 4.98 Å². The molecule has 2 fully saturated rings. The lowest BCUT2D eigenvalue weighted by Gasteiger charge is -2.47. The summed E-state index contributed by atoms with van der Waals surface area (Å²) in [4.78, 5) is 12.0. The second kappa shape index (κ2) is 5.07. The number of hydrogen-bond donors (Lipinski definition) is 1. The fraction of sp³-hybridized carbons (Fsp3) is 0.600. The van der Waals surface area contributed by atoms with Gasteiger partial charge in [-0.1, -0.05) is 12.8 Å². The van der Waals surface area contributed by atoms with E-state index in [0.717, 1.165) is 54.8 Å². The third-order valence-electron chi connectivity index (χ3n) is 5.00. The van der Waals surface area contributed by atoms with Crippen LogP contribution < -0.4 is 4.90 Å². The summed E-state index contributed by atoms with van der Waals surface area (Å²) >= 11 is 7.66. The number of thiophene rings is 1. The molecule has 2 aromatic heterocycles. The van der Waals surface area contributed by atoms with E-state index in [-0.39, 0.29) is 0 Å². The van der Waals surface area contributed by atoms with Crippen LogP contribution in [-0.2, 0) is 0 Å². The molecule has 4 nitrogen and oxygen atoms in total. The van der Waals surface area contributed by atoms with Gasteiger partial charge in [-0.25, -0.2) is 4.98 Å². The number of halogens is 1. The maximum Gasteiger partial charge on any atom is 0.225 e. The van der Waals surface area contributed by atoms with Gasteiger partial charge < -0.3 is 10.0 Å². The Balaban J connectivity index is 1.68. The molecule has 0 spiro atoms. The molecule has 1 aliphatic carbocycles. The molecule has 3 heterocycles. The molecular weight excluding hydrogens is 306 g/mol. The zero-order valence-electron chi connectivity index (χ0n) is 11.8. The van der Waals surface area contributed by atoms with Crippen molar-refractivity contribution < 1.29 is 5.11 Å². The lowest BCUT2D eigenvalue weighted by molar-refractivity contribution is -0.0613. The number of hydrogen-bond acceptors (Lipinski definition) is 5. The average Bonchev–Trinajstić information content (AvgIpc) is 2.93. The summed E-state index contributed by atoms with van der Waals surface area (Å²) in [5.41, 5.74) is -0.459. The second-order valence-electron chi connectivity index (χ2n) is 6.20. The molecule has 1 saturated heterocycles.